The largest absolute Gasteiger partial charge is 0.452 e. The monoisotopic (exact) mass is 242 g/mol. The van der Waals surface area contributed by atoms with Crippen molar-refractivity contribution in [1.82, 2.24) is 0 Å². The fourth-order valence-corrected chi connectivity index (χ4v) is 2.37. The van der Waals surface area contributed by atoms with Crippen molar-refractivity contribution < 1.29 is 9.53 Å². The molecule has 1 aliphatic rings. The van der Waals surface area contributed by atoms with E-state index in [2.05, 4.69) is 0 Å². The van der Waals surface area contributed by atoms with Gasteiger partial charge in [-0.05, 0) is 24.6 Å². The highest BCUT2D eigenvalue weighted by molar-refractivity contribution is 5.93. The van der Waals surface area contributed by atoms with Gasteiger partial charge in [0, 0.05) is 12.5 Å². The van der Waals surface area contributed by atoms with E-state index in [1.807, 2.05) is 37.3 Å². The van der Waals surface area contributed by atoms with Gasteiger partial charge in [-0.25, -0.2) is 4.79 Å². The van der Waals surface area contributed by atoms with Crippen LogP contribution in [0.3, 0.4) is 0 Å². The van der Waals surface area contributed by atoms with E-state index in [9.17, 15) is 4.79 Å². The molecule has 0 aliphatic carbocycles. The van der Waals surface area contributed by atoms with Crippen LogP contribution in [0.5, 0.6) is 0 Å². The first-order chi connectivity index (χ1) is 8.62. The highest BCUT2D eigenvalue weighted by Gasteiger charge is 2.42. The zero-order chi connectivity index (χ0) is 13.2. The topological polar surface area (TPSA) is 53.3 Å². The maximum absolute atomic E-state index is 11.9. The van der Waals surface area contributed by atoms with E-state index in [0.29, 0.717) is 6.42 Å². The number of amides is 1. The van der Waals surface area contributed by atoms with E-state index < -0.39 is 11.6 Å². The molecule has 0 N–H and O–H groups in total. The number of carbonyl (C=O) groups is 1. The van der Waals surface area contributed by atoms with Gasteiger partial charge in [-0.3, -0.25) is 4.90 Å². The standard InChI is InChI=1S/C14H14N2O2/c1-14(8-5-9-15)10-11-6-3-4-7-12(11)16(14)13(17)18-2/h3-8H,10H2,1-2H3. The van der Waals surface area contributed by atoms with Gasteiger partial charge in [-0.1, -0.05) is 18.2 Å². The molecule has 1 aliphatic heterocycles. The Balaban J connectivity index is 2.49. The van der Waals surface area contributed by atoms with Gasteiger partial charge in [-0.15, -0.1) is 0 Å². The van der Waals surface area contributed by atoms with Crippen molar-refractivity contribution in [2.45, 2.75) is 18.9 Å². The van der Waals surface area contributed by atoms with Crippen LogP contribution in [-0.2, 0) is 11.2 Å². The van der Waals surface area contributed by atoms with Gasteiger partial charge in [0.15, 0.2) is 0 Å². The van der Waals surface area contributed by atoms with Gasteiger partial charge in [0.25, 0.3) is 0 Å². The summed E-state index contributed by atoms with van der Waals surface area (Å²) in [7, 11) is 1.36. The number of carbonyl (C=O) groups excluding carboxylic acids is 1. The summed E-state index contributed by atoms with van der Waals surface area (Å²) >= 11 is 0. The number of methoxy groups -OCH3 is 1. The number of hydrogen-bond donors (Lipinski definition) is 0. The minimum atomic E-state index is -0.549. The van der Waals surface area contributed by atoms with Crippen LogP contribution in [0.1, 0.15) is 12.5 Å². The van der Waals surface area contributed by atoms with Gasteiger partial charge in [0.2, 0.25) is 0 Å². The number of rotatable bonds is 1. The molecule has 4 nitrogen and oxygen atoms in total. The van der Waals surface area contributed by atoms with E-state index in [-0.39, 0.29) is 0 Å². The Labute approximate surface area is 106 Å². The number of hydrogen-bond acceptors (Lipinski definition) is 3. The molecule has 0 radical (unpaired) electrons. The Morgan fingerprint density at radius 2 is 2.28 bits per heavy atom. The molecule has 2 rings (SSSR count). The van der Waals surface area contributed by atoms with E-state index in [4.69, 9.17) is 10.00 Å². The van der Waals surface area contributed by atoms with Crippen LogP contribution in [0.15, 0.2) is 36.4 Å². The second-order valence-corrected chi connectivity index (χ2v) is 4.43. The molecule has 0 saturated heterocycles. The zero-order valence-corrected chi connectivity index (χ0v) is 10.4. The first-order valence-electron chi connectivity index (χ1n) is 5.66. The number of benzene rings is 1. The molecule has 1 heterocycles. The summed E-state index contributed by atoms with van der Waals surface area (Å²) in [5.74, 6) is 0. The SMILES string of the molecule is COC(=O)N1c2ccccc2CC1(C)C=CC#N. The molecular formula is C14H14N2O2. The predicted octanol–water partition coefficient (Wildman–Crippen LogP) is 2.65. The van der Waals surface area contributed by atoms with E-state index in [1.165, 1.54) is 13.2 Å². The molecular weight excluding hydrogens is 228 g/mol. The fourth-order valence-electron chi connectivity index (χ4n) is 2.37. The smallest absolute Gasteiger partial charge is 0.414 e. The molecule has 1 amide bonds. The number of para-hydroxylation sites is 1. The maximum atomic E-state index is 11.9. The summed E-state index contributed by atoms with van der Waals surface area (Å²) in [5, 5.41) is 8.67. The lowest BCUT2D eigenvalue weighted by Gasteiger charge is -2.31. The second-order valence-electron chi connectivity index (χ2n) is 4.43. The van der Waals surface area contributed by atoms with Gasteiger partial charge in [0.05, 0.1) is 24.4 Å². The number of nitriles is 1. The number of nitrogens with zero attached hydrogens (tertiary/aromatic N) is 2. The summed E-state index contributed by atoms with van der Waals surface area (Å²) < 4.78 is 4.84. The van der Waals surface area contributed by atoms with Crippen LogP contribution in [0.4, 0.5) is 10.5 Å². The predicted molar refractivity (Wildman–Crippen MR) is 68.2 cm³/mol. The normalized spacial score (nSPS) is 21.7. The van der Waals surface area contributed by atoms with Gasteiger partial charge in [0.1, 0.15) is 0 Å². The summed E-state index contributed by atoms with van der Waals surface area (Å²) in [6.45, 7) is 1.91. The number of anilines is 1. The van der Waals surface area contributed by atoms with Crippen LogP contribution in [0.25, 0.3) is 0 Å². The van der Waals surface area contributed by atoms with E-state index in [1.54, 1.807) is 11.0 Å². The van der Waals surface area contributed by atoms with Crippen LogP contribution >= 0.6 is 0 Å². The summed E-state index contributed by atoms with van der Waals surface area (Å²) in [6, 6.07) is 9.66. The molecule has 92 valence electrons. The van der Waals surface area contributed by atoms with E-state index in [0.717, 1.165) is 11.3 Å². The lowest BCUT2D eigenvalue weighted by atomic mass is 9.96. The number of fused-ring (bicyclic) bond motifs is 1. The summed E-state index contributed by atoms with van der Waals surface area (Å²) in [5.41, 5.74) is 1.37. The minimum absolute atomic E-state index is 0.412. The molecule has 1 aromatic rings. The van der Waals surface area contributed by atoms with Crippen LogP contribution < -0.4 is 4.90 Å². The molecule has 0 fully saturated rings. The molecule has 0 spiro atoms. The number of ether oxygens (including phenoxy) is 1. The van der Waals surface area contributed by atoms with Crippen LogP contribution in [0, 0.1) is 11.3 Å². The van der Waals surface area contributed by atoms with Crippen molar-refractivity contribution in [2.24, 2.45) is 0 Å². The van der Waals surface area contributed by atoms with Crippen molar-refractivity contribution in [2.75, 3.05) is 12.0 Å². The molecule has 18 heavy (non-hydrogen) atoms. The first-order valence-corrected chi connectivity index (χ1v) is 5.66. The first kappa shape index (κ1) is 12.2. The third kappa shape index (κ3) is 1.84. The van der Waals surface area contributed by atoms with E-state index >= 15 is 0 Å². The van der Waals surface area contributed by atoms with Gasteiger partial charge >= 0.3 is 6.09 Å². The van der Waals surface area contributed by atoms with Crippen molar-refractivity contribution in [3.05, 3.63) is 42.0 Å². The Morgan fingerprint density at radius 1 is 1.56 bits per heavy atom. The molecule has 4 heteroatoms. The molecule has 0 bridgehead atoms. The lowest BCUT2D eigenvalue weighted by molar-refractivity contribution is 0.174. The second kappa shape index (κ2) is 4.53. The highest BCUT2D eigenvalue weighted by atomic mass is 16.5. The Kier molecular flexibility index (Phi) is 3.07. The quantitative estimate of drug-likeness (QED) is 0.711. The third-order valence-electron chi connectivity index (χ3n) is 3.17. The van der Waals surface area contributed by atoms with Crippen molar-refractivity contribution in [1.29, 1.82) is 5.26 Å². The maximum Gasteiger partial charge on any atom is 0.414 e. The van der Waals surface area contributed by atoms with Crippen molar-refractivity contribution in [3.8, 4) is 6.07 Å². The lowest BCUT2D eigenvalue weighted by Crippen LogP contribution is -2.46. The Morgan fingerprint density at radius 3 is 2.94 bits per heavy atom. The highest BCUT2D eigenvalue weighted by Crippen LogP contribution is 2.39. The number of allylic oxidation sites excluding steroid dienone is 1. The van der Waals surface area contributed by atoms with Crippen LogP contribution in [0.2, 0.25) is 0 Å². The molecule has 0 aromatic heterocycles. The molecule has 1 unspecified atom stereocenters. The van der Waals surface area contributed by atoms with Crippen molar-refractivity contribution in [3.63, 3.8) is 0 Å². The summed E-state index contributed by atoms with van der Waals surface area (Å²) in [6.07, 6.45) is 3.41. The Bertz CT molecular complexity index is 545. The van der Waals surface area contributed by atoms with Gasteiger partial charge < -0.3 is 4.74 Å². The average Bonchev–Trinajstić information content (AvgIpc) is 2.68. The minimum Gasteiger partial charge on any atom is -0.452 e. The Hall–Kier alpha value is -2.28. The van der Waals surface area contributed by atoms with Crippen LogP contribution in [-0.4, -0.2) is 18.7 Å². The summed E-state index contributed by atoms with van der Waals surface area (Å²) in [4.78, 5) is 13.5. The fraction of sp³-hybridized carbons (Fsp3) is 0.286. The average molecular weight is 242 g/mol. The third-order valence-corrected chi connectivity index (χ3v) is 3.17. The molecule has 1 atom stereocenters. The zero-order valence-electron chi connectivity index (χ0n) is 10.4. The molecule has 1 aromatic carbocycles. The van der Waals surface area contributed by atoms with Crippen molar-refractivity contribution >= 4 is 11.8 Å². The molecule has 0 saturated carbocycles. The van der Waals surface area contributed by atoms with Gasteiger partial charge in [-0.2, -0.15) is 5.26 Å².